The molecular weight excluding hydrogens is 419 g/mol. The molecule has 0 unspecified atom stereocenters. The molecule has 1 fully saturated rings. The highest BCUT2D eigenvalue weighted by molar-refractivity contribution is 14.0. The third-order valence-corrected chi connectivity index (χ3v) is 4.13. The third kappa shape index (κ3) is 6.72. The summed E-state index contributed by atoms with van der Waals surface area (Å²) >= 11 is 0. The lowest BCUT2D eigenvalue weighted by Crippen LogP contribution is -2.42. The summed E-state index contributed by atoms with van der Waals surface area (Å²) in [6.07, 6.45) is 3.97. The van der Waals surface area contributed by atoms with Crippen molar-refractivity contribution in [1.82, 2.24) is 15.5 Å². The summed E-state index contributed by atoms with van der Waals surface area (Å²) < 4.78 is 5.18. The van der Waals surface area contributed by atoms with Gasteiger partial charge >= 0.3 is 0 Å². The Hall–Kier alpha value is -1.22. The summed E-state index contributed by atoms with van der Waals surface area (Å²) in [5, 5.41) is 16.4. The smallest absolute Gasteiger partial charge is 0.191 e. The lowest BCUT2D eigenvalue weighted by molar-refractivity contribution is 0.232. The zero-order valence-electron chi connectivity index (χ0n) is 14.5. The van der Waals surface area contributed by atoms with Gasteiger partial charge in [0.05, 0.1) is 7.11 Å². The Kier molecular flexibility index (Phi) is 9.85. The van der Waals surface area contributed by atoms with E-state index in [1.807, 2.05) is 6.07 Å². The van der Waals surface area contributed by atoms with Crippen molar-refractivity contribution in [3.63, 3.8) is 0 Å². The van der Waals surface area contributed by atoms with Crippen molar-refractivity contribution in [3.05, 3.63) is 23.8 Å². The normalized spacial score (nSPS) is 15.5. The lowest BCUT2D eigenvalue weighted by atomic mass is 10.1. The van der Waals surface area contributed by atoms with Crippen LogP contribution in [0, 0.1) is 0 Å². The SMILES string of the molecule is CN=C(NCCN1CCCCC1)NCc1cc(OC)ccc1O.I. The summed E-state index contributed by atoms with van der Waals surface area (Å²) in [5.74, 6) is 1.72. The second-order valence-electron chi connectivity index (χ2n) is 5.75. The quantitative estimate of drug-likeness (QED) is 0.354. The van der Waals surface area contributed by atoms with Crippen molar-refractivity contribution in [2.24, 2.45) is 4.99 Å². The molecule has 1 aromatic rings. The molecule has 0 aromatic heterocycles. The van der Waals surface area contributed by atoms with Crippen LogP contribution in [-0.4, -0.2) is 56.3 Å². The van der Waals surface area contributed by atoms with Gasteiger partial charge in [-0.25, -0.2) is 0 Å². The van der Waals surface area contributed by atoms with E-state index in [-0.39, 0.29) is 29.7 Å². The second-order valence-corrected chi connectivity index (χ2v) is 5.75. The fourth-order valence-corrected chi connectivity index (χ4v) is 2.75. The minimum absolute atomic E-state index is 0. The van der Waals surface area contributed by atoms with Gasteiger partial charge in [0, 0.05) is 32.2 Å². The molecule has 0 radical (unpaired) electrons. The van der Waals surface area contributed by atoms with E-state index >= 15 is 0 Å². The first-order valence-corrected chi connectivity index (χ1v) is 8.25. The first-order valence-electron chi connectivity index (χ1n) is 8.25. The van der Waals surface area contributed by atoms with Crippen molar-refractivity contribution in [2.75, 3.05) is 40.3 Å². The molecule has 0 aliphatic carbocycles. The zero-order chi connectivity index (χ0) is 16.5. The van der Waals surface area contributed by atoms with Crippen molar-refractivity contribution in [1.29, 1.82) is 0 Å². The number of rotatable bonds is 6. The minimum Gasteiger partial charge on any atom is -0.508 e. The Bertz CT molecular complexity index is 519. The Balaban J connectivity index is 0.00000288. The van der Waals surface area contributed by atoms with E-state index in [4.69, 9.17) is 4.74 Å². The summed E-state index contributed by atoms with van der Waals surface area (Å²) in [5.41, 5.74) is 0.781. The van der Waals surface area contributed by atoms with E-state index in [0.29, 0.717) is 6.54 Å². The van der Waals surface area contributed by atoms with Gasteiger partial charge in [0.1, 0.15) is 11.5 Å². The van der Waals surface area contributed by atoms with Gasteiger partial charge < -0.3 is 25.4 Å². The molecule has 1 aliphatic heterocycles. The number of ether oxygens (including phenoxy) is 1. The molecule has 136 valence electrons. The van der Waals surface area contributed by atoms with Crippen molar-refractivity contribution in [2.45, 2.75) is 25.8 Å². The number of halogens is 1. The number of hydrogen-bond acceptors (Lipinski definition) is 4. The lowest BCUT2D eigenvalue weighted by Gasteiger charge is -2.26. The molecule has 1 aliphatic rings. The molecule has 3 N–H and O–H groups in total. The largest absolute Gasteiger partial charge is 0.508 e. The van der Waals surface area contributed by atoms with E-state index in [0.717, 1.165) is 30.4 Å². The number of hydrogen-bond donors (Lipinski definition) is 3. The van der Waals surface area contributed by atoms with Gasteiger partial charge in [-0.3, -0.25) is 4.99 Å². The first-order chi connectivity index (χ1) is 11.2. The third-order valence-electron chi connectivity index (χ3n) is 4.13. The highest BCUT2D eigenvalue weighted by Gasteiger charge is 2.09. The first kappa shape index (κ1) is 20.8. The molecule has 7 heteroatoms. The van der Waals surface area contributed by atoms with Crippen LogP contribution in [0.5, 0.6) is 11.5 Å². The molecule has 2 rings (SSSR count). The van der Waals surface area contributed by atoms with Gasteiger partial charge in [-0.15, -0.1) is 24.0 Å². The maximum absolute atomic E-state index is 9.90. The Morgan fingerprint density at radius 3 is 2.67 bits per heavy atom. The van der Waals surface area contributed by atoms with Gasteiger partial charge in [0.2, 0.25) is 0 Å². The van der Waals surface area contributed by atoms with Crippen LogP contribution in [0.2, 0.25) is 0 Å². The highest BCUT2D eigenvalue weighted by Crippen LogP contribution is 2.22. The number of methoxy groups -OCH3 is 1. The number of benzene rings is 1. The predicted octanol–water partition coefficient (Wildman–Crippen LogP) is 2.17. The maximum atomic E-state index is 9.90. The van der Waals surface area contributed by atoms with E-state index in [1.54, 1.807) is 26.3 Å². The summed E-state index contributed by atoms with van der Waals surface area (Å²) in [6.45, 7) is 4.79. The molecular formula is C17H29IN4O2. The molecule has 0 atom stereocenters. The topological polar surface area (TPSA) is 69.1 Å². The van der Waals surface area contributed by atoms with Crippen molar-refractivity contribution in [3.8, 4) is 11.5 Å². The molecule has 0 saturated carbocycles. The van der Waals surface area contributed by atoms with Crippen LogP contribution in [0.4, 0.5) is 0 Å². The van der Waals surface area contributed by atoms with Crippen LogP contribution in [0.15, 0.2) is 23.2 Å². The number of nitrogens with one attached hydrogen (secondary N) is 2. The Morgan fingerprint density at radius 1 is 1.25 bits per heavy atom. The molecule has 0 amide bonds. The Morgan fingerprint density at radius 2 is 2.00 bits per heavy atom. The number of phenolic OH excluding ortho intramolecular Hbond substituents is 1. The van der Waals surface area contributed by atoms with Crippen molar-refractivity contribution >= 4 is 29.9 Å². The number of piperidine rings is 1. The van der Waals surface area contributed by atoms with Crippen LogP contribution < -0.4 is 15.4 Å². The van der Waals surface area contributed by atoms with Gasteiger partial charge in [0.25, 0.3) is 0 Å². The van der Waals surface area contributed by atoms with Crippen LogP contribution in [-0.2, 0) is 6.54 Å². The predicted molar refractivity (Wildman–Crippen MR) is 109 cm³/mol. The number of likely N-dealkylation sites (tertiary alicyclic amines) is 1. The summed E-state index contributed by atoms with van der Waals surface area (Å²) in [4.78, 5) is 6.70. The van der Waals surface area contributed by atoms with Gasteiger partial charge in [-0.05, 0) is 44.1 Å². The summed E-state index contributed by atoms with van der Waals surface area (Å²) in [6, 6.07) is 5.20. The average Bonchev–Trinajstić information content (AvgIpc) is 2.60. The van der Waals surface area contributed by atoms with Gasteiger partial charge in [-0.2, -0.15) is 0 Å². The number of aliphatic imine (C=N–C) groups is 1. The van der Waals surface area contributed by atoms with Gasteiger partial charge in [0.15, 0.2) is 5.96 Å². The molecule has 0 spiro atoms. The average molecular weight is 448 g/mol. The number of nitrogens with zero attached hydrogens (tertiary/aromatic N) is 2. The van der Waals surface area contributed by atoms with E-state index in [9.17, 15) is 5.11 Å². The number of phenols is 1. The van der Waals surface area contributed by atoms with E-state index in [1.165, 1.54) is 32.4 Å². The minimum atomic E-state index is 0. The van der Waals surface area contributed by atoms with Crippen LogP contribution >= 0.6 is 24.0 Å². The molecule has 24 heavy (non-hydrogen) atoms. The molecule has 1 aromatic carbocycles. The second kappa shape index (κ2) is 11.4. The molecule has 6 nitrogen and oxygen atoms in total. The van der Waals surface area contributed by atoms with Crippen molar-refractivity contribution < 1.29 is 9.84 Å². The van der Waals surface area contributed by atoms with Gasteiger partial charge in [-0.1, -0.05) is 6.42 Å². The fourth-order valence-electron chi connectivity index (χ4n) is 2.75. The monoisotopic (exact) mass is 448 g/mol. The molecule has 0 bridgehead atoms. The Labute approximate surface area is 161 Å². The van der Waals surface area contributed by atoms with Crippen LogP contribution in [0.25, 0.3) is 0 Å². The standard InChI is InChI=1S/C17H28N4O2.HI/c1-18-17(19-8-11-21-9-4-3-5-10-21)20-13-14-12-15(23-2)6-7-16(14)22;/h6-7,12,22H,3-5,8-11,13H2,1-2H3,(H2,18,19,20);1H. The number of guanidine groups is 1. The van der Waals surface area contributed by atoms with E-state index in [2.05, 4.69) is 20.5 Å². The molecule has 1 heterocycles. The van der Waals surface area contributed by atoms with Crippen LogP contribution in [0.1, 0.15) is 24.8 Å². The highest BCUT2D eigenvalue weighted by atomic mass is 127. The summed E-state index contributed by atoms with van der Waals surface area (Å²) in [7, 11) is 3.37. The maximum Gasteiger partial charge on any atom is 0.191 e. The van der Waals surface area contributed by atoms with Crippen LogP contribution in [0.3, 0.4) is 0 Å². The van der Waals surface area contributed by atoms with E-state index < -0.39 is 0 Å². The number of aromatic hydroxyl groups is 1. The molecule has 1 saturated heterocycles. The fraction of sp³-hybridized carbons (Fsp3) is 0.588. The zero-order valence-corrected chi connectivity index (χ0v) is 16.9.